The van der Waals surface area contributed by atoms with Gasteiger partial charge in [-0.05, 0) is 39.2 Å². The van der Waals surface area contributed by atoms with Gasteiger partial charge in [-0.1, -0.05) is 0 Å². The van der Waals surface area contributed by atoms with Crippen molar-refractivity contribution in [2.45, 2.75) is 32.7 Å². The van der Waals surface area contributed by atoms with Crippen molar-refractivity contribution in [1.29, 1.82) is 0 Å². The third kappa shape index (κ3) is 3.80. The van der Waals surface area contributed by atoms with E-state index in [2.05, 4.69) is 0 Å². The van der Waals surface area contributed by atoms with Crippen LogP contribution < -0.4 is 0 Å². The third-order valence-electron chi connectivity index (χ3n) is 3.01. The van der Waals surface area contributed by atoms with Crippen LogP contribution >= 0.6 is 0 Å². The van der Waals surface area contributed by atoms with E-state index in [1.807, 2.05) is 11.8 Å². The summed E-state index contributed by atoms with van der Waals surface area (Å²) in [5.74, 6) is -0.229. The summed E-state index contributed by atoms with van der Waals surface area (Å²) in [4.78, 5) is 12.9. The molecule has 15 heavy (non-hydrogen) atoms. The molecule has 1 aliphatic heterocycles. The summed E-state index contributed by atoms with van der Waals surface area (Å²) in [7, 11) is 0. The predicted octanol–water partition coefficient (Wildman–Crippen LogP) is 1.21. The van der Waals surface area contributed by atoms with Crippen molar-refractivity contribution in [2.75, 3.05) is 26.3 Å². The first kappa shape index (κ1) is 12.5. The van der Waals surface area contributed by atoms with E-state index in [1.165, 1.54) is 0 Å². The first-order chi connectivity index (χ1) is 7.15. The van der Waals surface area contributed by atoms with Gasteiger partial charge in [0.1, 0.15) is 6.04 Å². The average molecular weight is 215 g/mol. The van der Waals surface area contributed by atoms with Gasteiger partial charge in [0.05, 0.1) is 6.61 Å². The van der Waals surface area contributed by atoms with Gasteiger partial charge in [-0.15, -0.1) is 0 Å². The van der Waals surface area contributed by atoms with Gasteiger partial charge >= 0.3 is 5.97 Å². The topological polar surface area (TPSA) is 49.8 Å². The van der Waals surface area contributed by atoms with Crippen LogP contribution in [0.25, 0.3) is 0 Å². The minimum Gasteiger partial charge on any atom is -0.480 e. The summed E-state index contributed by atoms with van der Waals surface area (Å²) in [5.41, 5.74) is 0. The Balaban J connectivity index is 2.38. The van der Waals surface area contributed by atoms with Crippen LogP contribution in [-0.2, 0) is 9.53 Å². The minimum atomic E-state index is -0.730. The molecule has 1 heterocycles. The van der Waals surface area contributed by atoms with Crippen LogP contribution in [0.2, 0.25) is 0 Å². The molecule has 4 nitrogen and oxygen atoms in total. The highest BCUT2D eigenvalue weighted by Gasteiger charge is 2.26. The molecule has 88 valence electrons. The van der Waals surface area contributed by atoms with Crippen LogP contribution in [0.5, 0.6) is 0 Å². The van der Waals surface area contributed by atoms with Gasteiger partial charge in [0.2, 0.25) is 0 Å². The Kier molecular flexibility index (Phi) is 5.05. The van der Waals surface area contributed by atoms with E-state index < -0.39 is 5.97 Å². The number of ether oxygens (including phenoxy) is 1. The molecule has 1 N–H and O–H groups in total. The maximum atomic E-state index is 10.8. The molecule has 0 amide bonds. The predicted molar refractivity (Wildman–Crippen MR) is 57.9 cm³/mol. The normalized spacial score (nSPS) is 25.1. The SMILES string of the molecule is CCOC[C@H]1CCCN([C@H](C)C(=O)O)C1. The lowest BCUT2D eigenvalue weighted by atomic mass is 9.98. The number of rotatable bonds is 5. The van der Waals surface area contributed by atoms with E-state index in [9.17, 15) is 4.79 Å². The quantitative estimate of drug-likeness (QED) is 0.749. The largest absolute Gasteiger partial charge is 0.480 e. The molecule has 0 aliphatic carbocycles. The number of carboxylic acid groups (broad SMARTS) is 1. The fraction of sp³-hybridized carbons (Fsp3) is 0.909. The smallest absolute Gasteiger partial charge is 0.320 e. The molecular weight excluding hydrogens is 194 g/mol. The average Bonchev–Trinajstić information content (AvgIpc) is 2.25. The summed E-state index contributed by atoms with van der Waals surface area (Å²) in [6.07, 6.45) is 2.23. The molecular formula is C11H21NO3. The second-order valence-corrected chi connectivity index (χ2v) is 4.18. The van der Waals surface area contributed by atoms with Crippen molar-refractivity contribution in [3.63, 3.8) is 0 Å². The summed E-state index contributed by atoms with van der Waals surface area (Å²) in [5, 5.41) is 8.92. The number of nitrogens with zero attached hydrogens (tertiary/aromatic N) is 1. The van der Waals surface area contributed by atoms with Crippen molar-refractivity contribution < 1.29 is 14.6 Å². The highest BCUT2D eigenvalue weighted by molar-refractivity contribution is 5.72. The Labute approximate surface area is 91.2 Å². The zero-order chi connectivity index (χ0) is 11.3. The highest BCUT2D eigenvalue weighted by Crippen LogP contribution is 2.18. The van der Waals surface area contributed by atoms with Gasteiger partial charge in [-0.25, -0.2) is 0 Å². The molecule has 0 bridgehead atoms. The zero-order valence-electron chi connectivity index (χ0n) is 9.61. The van der Waals surface area contributed by atoms with Crippen molar-refractivity contribution in [2.24, 2.45) is 5.92 Å². The van der Waals surface area contributed by atoms with E-state index in [1.54, 1.807) is 6.92 Å². The molecule has 0 radical (unpaired) electrons. The van der Waals surface area contributed by atoms with Crippen LogP contribution in [0.4, 0.5) is 0 Å². The van der Waals surface area contributed by atoms with E-state index in [0.717, 1.165) is 39.1 Å². The van der Waals surface area contributed by atoms with Gasteiger partial charge in [0.15, 0.2) is 0 Å². The standard InChI is InChI=1S/C11H21NO3/c1-3-15-8-10-5-4-6-12(7-10)9(2)11(13)14/h9-10H,3-8H2,1-2H3,(H,13,14)/t9-,10+/m1/s1. The van der Waals surface area contributed by atoms with Crippen molar-refractivity contribution >= 4 is 5.97 Å². The Morgan fingerprint density at radius 1 is 1.67 bits per heavy atom. The van der Waals surface area contributed by atoms with Crippen LogP contribution in [0, 0.1) is 5.92 Å². The lowest BCUT2D eigenvalue weighted by molar-refractivity contribution is -0.143. The number of piperidine rings is 1. The Hall–Kier alpha value is -0.610. The van der Waals surface area contributed by atoms with Crippen molar-refractivity contribution in [3.8, 4) is 0 Å². The molecule has 1 rings (SSSR count). The number of carbonyl (C=O) groups is 1. The minimum absolute atomic E-state index is 0.366. The van der Waals surface area contributed by atoms with Gasteiger partial charge in [-0.2, -0.15) is 0 Å². The molecule has 4 heteroatoms. The van der Waals surface area contributed by atoms with Gasteiger partial charge < -0.3 is 9.84 Å². The third-order valence-corrected chi connectivity index (χ3v) is 3.01. The van der Waals surface area contributed by atoms with Gasteiger partial charge in [-0.3, -0.25) is 9.69 Å². The first-order valence-electron chi connectivity index (χ1n) is 5.69. The molecule has 0 aromatic carbocycles. The highest BCUT2D eigenvalue weighted by atomic mass is 16.5. The molecule has 0 spiro atoms. The van der Waals surface area contributed by atoms with E-state index in [0.29, 0.717) is 5.92 Å². The second-order valence-electron chi connectivity index (χ2n) is 4.18. The van der Waals surface area contributed by atoms with E-state index in [4.69, 9.17) is 9.84 Å². The fourth-order valence-corrected chi connectivity index (χ4v) is 2.03. The summed E-state index contributed by atoms with van der Waals surface area (Å²) < 4.78 is 5.39. The van der Waals surface area contributed by atoms with Crippen LogP contribution in [0.3, 0.4) is 0 Å². The number of likely N-dealkylation sites (tertiary alicyclic amines) is 1. The molecule has 0 aromatic heterocycles. The van der Waals surface area contributed by atoms with E-state index in [-0.39, 0.29) is 6.04 Å². The molecule has 1 aliphatic rings. The number of carboxylic acids is 1. The molecule has 2 atom stereocenters. The molecule has 1 fully saturated rings. The summed E-state index contributed by atoms with van der Waals surface area (Å²) >= 11 is 0. The first-order valence-corrected chi connectivity index (χ1v) is 5.69. The molecule has 0 saturated carbocycles. The Morgan fingerprint density at radius 2 is 2.40 bits per heavy atom. The lowest BCUT2D eigenvalue weighted by Gasteiger charge is -2.34. The fourth-order valence-electron chi connectivity index (χ4n) is 2.03. The van der Waals surface area contributed by atoms with Crippen LogP contribution in [0.1, 0.15) is 26.7 Å². The summed E-state index contributed by atoms with van der Waals surface area (Å²) in [6, 6.07) is -0.366. The van der Waals surface area contributed by atoms with Gasteiger partial charge in [0, 0.05) is 13.2 Å². The molecule has 0 unspecified atom stereocenters. The van der Waals surface area contributed by atoms with Gasteiger partial charge in [0.25, 0.3) is 0 Å². The van der Waals surface area contributed by atoms with Crippen molar-refractivity contribution in [1.82, 2.24) is 4.90 Å². The number of hydrogen-bond acceptors (Lipinski definition) is 3. The Bertz CT molecular complexity index is 208. The van der Waals surface area contributed by atoms with Crippen molar-refractivity contribution in [3.05, 3.63) is 0 Å². The maximum absolute atomic E-state index is 10.8. The molecule has 1 saturated heterocycles. The maximum Gasteiger partial charge on any atom is 0.320 e. The zero-order valence-corrected chi connectivity index (χ0v) is 9.61. The lowest BCUT2D eigenvalue weighted by Crippen LogP contribution is -2.45. The molecule has 0 aromatic rings. The number of hydrogen-bond donors (Lipinski definition) is 1. The Morgan fingerprint density at radius 3 is 3.00 bits per heavy atom. The number of aliphatic carboxylic acids is 1. The van der Waals surface area contributed by atoms with E-state index >= 15 is 0 Å². The van der Waals surface area contributed by atoms with Crippen LogP contribution in [-0.4, -0.2) is 48.3 Å². The van der Waals surface area contributed by atoms with Crippen LogP contribution in [0.15, 0.2) is 0 Å². The summed E-state index contributed by atoms with van der Waals surface area (Å²) in [6.45, 7) is 7.00. The second kappa shape index (κ2) is 6.08. The monoisotopic (exact) mass is 215 g/mol.